The molecule has 0 unspecified atom stereocenters. The third kappa shape index (κ3) is 8.68. The fourth-order valence-corrected chi connectivity index (χ4v) is 1.22. The van der Waals surface area contributed by atoms with Gasteiger partial charge in [0.25, 0.3) is 0 Å². The Morgan fingerprint density at radius 3 is 1.65 bits per heavy atom. The summed E-state index contributed by atoms with van der Waals surface area (Å²) < 4.78 is 9.40. The summed E-state index contributed by atoms with van der Waals surface area (Å²) >= 11 is 0. The van der Waals surface area contributed by atoms with E-state index in [1.54, 1.807) is 13.8 Å². The van der Waals surface area contributed by atoms with Gasteiger partial charge < -0.3 is 9.47 Å². The van der Waals surface area contributed by atoms with E-state index in [-0.39, 0.29) is 11.9 Å². The lowest BCUT2D eigenvalue weighted by atomic mass is 10.3. The van der Waals surface area contributed by atoms with E-state index in [9.17, 15) is 9.59 Å². The first kappa shape index (κ1) is 15.9. The Morgan fingerprint density at radius 2 is 1.35 bits per heavy atom. The van der Waals surface area contributed by atoms with Gasteiger partial charge in [-0.3, -0.25) is 14.5 Å². The topological polar surface area (TPSA) is 55.8 Å². The average molecular weight is 242 g/mol. The molecule has 0 amide bonds. The smallest absolute Gasteiger partial charge is 0.307 e. The van der Waals surface area contributed by atoms with Gasteiger partial charge in [-0.05, 0) is 20.8 Å². The molecule has 0 aromatic heterocycles. The summed E-state index contributed by atoms with van der Waals surface area (Å²) in [7, 11) is 0. The van der Waals surface area contributed by atoms with Crippen LogP contribution in [0.3, 0.4) is 0 Å². The molecule has 17 heavy (non-hydrogen) atoms. The first-order valence-electron chi connectivity index (χ1n) is 5.62. The highest BCUT2D eigenvalue weighted by Gasteiger charge is 2.10. The minimum absolute atomic E-state index is 0.274. The lowest BCUT2D eigenvalue weighted by Gasteiger charge is -2.18. The number of nitrogens with zero attached hydrogens (tertiary/aromatic N) is 1. The fraction of sp³-hybridized carbons (Fsp3) is 0.583. The SMILES string of the molecule is C[CH]OC(=O)CCN([CH]C)CCC(=O)O[CH]C. The van der Waals surface area contributed by atoms with Crippen molar-refractivity contribution in [3.8, 4) is 0 Å². The zero-order valence-corrected chi connectivity index (χ0v) is 10.6. The van der Waals surface area contributed by atoms with E-state index in [1.807, 2.05) is 18.4 Å². The molecule has 3 radical (unpaired) electrons. The Morgan fingerprint density at radius 1 is 0.941 bits per heavy atom. The van der Waals surface area contributed by atoms with E-state index >= 15 is 0 Å². The molecule has 0 aliphatic heterocycles. The molecule has 0 saturated heterocycles. The third-order valence-electron chi connectivity index (χ3n) is 2.07. The fourth-order valence-electron chi connectivity index (χ4n) is 1.22. The normalized spacial score (nSPS) is 10.4. The molecular weight excluding hydrogens is 222 g/mol. The predicted molar refractivity (Wildman–Crippen MR) is 62.9 cm³/mol. The zero-order chi connectivity index (χ0) is 13.1. The van der Waals surface area contributed by atoms with Crippen LogP contribution in [0.25, 0.3) is 0 Å². The molecular formula is C12H20NO4. The average Bonchev–Trinajstić information content (AvgIpc) is 2.30. The van der Waals surface area contributed by atoms with Crippen LogP contribution in [-0.4, -0.2) is 29.9 Å². The van der Waals surface area contributed by atoms with Crippen molar-refractivity contribution < 1.29 is 19.1 Å². The monoisotopic (exact) mass is 242 g/mol. The van der Waals surface area contributed by atoms with Crippen LogP contribution in [0.2, 0.25) is 0 Å². The Bertz CT molecular complexity index is 209. The number of hydrogen-bond acceptors (Lipinski definition) is 5. The van der Waals surface area contributed by atoms with Crippen molar-refractivity contribution in [1.82, 2.24) is 4.90 Å². The lowest BCUT2D eigenvalue weighted by Crippen LogP contribution is -2.26. The quantitative estimate of drug-likeness (QED) is 0.576. The summed E-state index contributed by atoms with van der Waals surface area (Å²) in [5.41, 5.74) is 0. The first-order valence-corrected chi connectivity index (χ1v) is 5.62. The number of carbonyl (C=O) groups excluding carboxylic acids is 2. The molecule has 0 heterocycles. The highest BCUT2D eigenvalue weighted by Crippen LogP contribution is 2.00. The van der Waals surface area contributed by atoms with Gasteiger partial charge in [0.15, 0.2) is 0 Å². The molecule has 5 nitrogen and oxygen atoms in total. The minimum atomic E-state index is -0.274. The number of rotatable bonds is 9. The second-order valence-electron chi connectivity index (χ2n) is 3.25. The number of hydrogen-bond donors (Lipinski definition) is 0. The number of ether oxygens (including phenoxy) is 2. The largest absolute Gasteiger partial charge is 0.459 e. The maximum atomic E-state index is 11.1. The van der Waals surface area contributed by atoms with Crippen LogP contribution in [0.5, 0.6) is 0 Å². The Hall–Kier alpha value is -1.10. The summed E-state index contributed by atoms with van der Waals surface area (Å²) in [5.74, 6) is -0.548. The zero-order valence-electron chi connectivity index (χ0n) is 10.6. The van der Waals surface area contributed by atoms with Gasteiger partial charge >= 0.3 is 11.9 Å². The molecule has 0 spiro atoms. The van der Waals surface area contributed by atoms with Gasteiger partial charge in [-0.25, -0.2) is 0 Å². The van der Waals surface area contributed by atoms with E-state index in [0.717, 1.165) is 0 Å². The van der Waals surface area contributed by atoms with Crippen molar-refractivity contribution in [2.75, 3.05) is 13.1 Å². The second-order valence-corrected chi connectivity index (χ2v) is 3.25. The van der Waals surface area contributed by atoms with Gasteiger partial charge in [-0.15, -0.1) is 0 Å². The number of carbonyl (C=O) groups is 2. The Balaban J connectivity index is 3.76. The van der Waals surface area contributed by atoms with Gasteiger partial charge in [-0.1, -0.05) is 0 Å². The third-order valence-corrected chi connectivity index (χ3v) is 2.07. The van der Waals surface area contributed by atoms with Crippen molar-refractivity contribution in [3.63, 3.8) is 0 Å². The molecule has 0 aliphatic rings. The van der Waals surface area contributed by atoms with E-state index in [1.165, 1.54) is 13.2 Å². The molecule has 0 bridgehead atoms. The van der Waals surface area contributed by atoms with Crippen molar-refractivity contribution in [2.45, 2.75) is 33.6 Å². The summed E-state index contributed by atoms with van der Waals surface area (Å²) in [5, 5.41) is 0. The maximum Gasteiger partial charge on any atom is 0.307 e. The van der Waals surface area contributed by atoms with Crippen LogP contribution in [0.15, 0.2) is 0 Å². The Labute approximate surface area is 103 Å². The molecule has 0 N–H and O–H groups in total. The predicted octanol–water partition coefficient (Wildman–Crippen LogP) is 1.70. The van der Waals surface area contributed by atoms with Crippen LogP contribution in [0.4, 0.5) is 0 Å². The van der Waals surface area contributed by atoms with Gasteiger partial charge in [-0.2, -0.15) is 0 Å². The molecule has 97 valence electrons. The van der Waals surface area contributed by atoms with E-state index in [4.69, 9.17) is 9.47 Å². The molecule has 0 aliphatic carbocycles. The van der Waals surface area contributed by atoms with Crippen LogP contribution in [0.1, 0.15) is 33.6 Å². The highest BCUT2D eigenvalue weighted by molar-refractivity contribution is 5.70. The minimum Gasteiger partial charge on any atom is -0.459 e. The summed E-state index contributed by atoms with van der Waals surface area (Å²) in [4.78, 5) is 24.1. The molecule has 0 saturated carbocycles. The van der Waals surface area contributed by atoms with Crippen molar-refractivity contribution in [3.05, 3.63) is 19.8 Å². The lowest BCUT2D eigenvalue weighted by molar-refractivity contribution is -0.140. The van der Waals surface area contributed by atoms with Crippen LogP contribution in [0, 0.1) is 19.8 Å². The maximum absolute atomic E-state index is 11.1. The Kier molecular flexibility index (Phi) is 9.43. The summed E-state index contributed by atoms with van der Waals surface area (Å²) in [6.45, 7) is 10.8. The van der Waals surface area contributed by atoms with Crippen molar-refractivity contribution >= 4 is 11.9 Å². The van der Waals surface area contributed by atoms with Crippen LogP contribution in [-0.2, 0) is 19.1 Å². The molecule has 0 fully saturated rings. The highest BCUT2D eigenvalue weighted by atomic mass is 16.5. The summed E-state index contributed by atoms with van der Waals surface area (Å²) in [6, 6.07) is 0. The standard InChI is InChI=1S/C12H20NO4/c1-4-13(9-7-11(14)16-5-2)10-8-12(15)17-6-3/h4-6H,7-10H2,1-3H3. The molecule has 0 aromatic carbocycles. The first-order chi connectivity index (χ1) is 8.13. The van der Waals surface area contributed by atoms with E-state index in [2.05, 4.69) is 0 Å². The van der Waals surface area contributed by atoms with E-state index in [0.29, 0.717) is 25.9 Å². The van der Waals surface area contributed by atoms with E-state index < -0.39 is 0 Å². The van der Waals surface area contributed by atoms with Gasteiger partial charge in [0.05, 0.1) is 12.8 Å². The summed E-state index contributed by atoms with van der Waals surface area (Å²) in [6.07, 6.45) is 0.591. The van der Waals surface area contributed by atoms with Gasteiger partial charge in [0, 0.05) is 19.6 Å². The number of esters is 2. The van der Waals surface area contributed by atoms with Gasteiger partial charge in [0.2, 0.25) is 0 Å². The van der Waals surface area contributed by atoms with Crippen LogP contribution < -0.4 is 0 Å². The van der Waals surface area contributed by atoms with Gasteiger partial charge in [0.1, 0.15) is 13.2 Å². The van der Waals surface area contributed by atoms with Crippen LogP contribution >= 0.6 is 0 Å². The van der Waals surface area contributed by atoms with Crippen molar-refractivity contribution in [1.29, 1.82) is 0 Å². The molecule has 0 aromatic rings. The van der Waals surface area contributed by atoms with Crippen molar-refractivity contribution in [2.24, 2.45) is 0 Å². The molecule has 0 atom stereocenters. The second kappa shape index (κ2) is 10.1. The molecule has 5 heteroatoms. The molecule has 0 rings (SSSR count).